The average molecular weight is 284 g/mol. The molecule has 1 unspecified atom stereocenters. The smallest absolute Gasteiger partial charge is 0.306 e. The zero-order valence-corrected chi connectivity index (χ0v) is 10.7. The molecule has 1 N–H and O–H groups in total. The van der Waals surface area contributed by atoms with Gasteiger partial charge in [-0.1, -0.05) is 19.1 Å². The van der Waals surface area contributed by atoms with Crippen LogP contribution in [0.4, 0.5) is 5.69 Å². The first-order chi connectivity index (χ1) is 7.72. The van der Waals surface area contributed by atoms with Gasteiger partial charge in [-0.25, -0.2) is 0 Å². The van der Waals surface area contributed by atoms with E-state index < -0.39 is 0 Å². The Balaban J connectivity index is 2.12. The summed E-state index contributed by atoms with van der Waals surface area (Å²) in [6, 6.07) is 5.92. The third kappa shape index (κ3) is 2.21. The van der Waals surface area contributed by atoms with E-state index in [1.54, 1.807) is 0 Å². The normalized spacial score (nSPS) is 17.8. The zero-order valence-electron chi connectivity index (χ0n) is 9.13. The molecule has 1 atom stereocenters. The van der Waals surface area contributed by atoms with Crippen molar-refractivity contribution in [3.8, 4) is 0 Å². The summed E-state index contributed by atoms with van der Waals surface area (Å²) in [7, 11) is 0. The number of anilines is 1. The van der Waals surface area contributed by atoms with Gasteiger partial charge >= 0.3 is 5.97 Å². The Bertz CT molecular complexity index is 406. The predicted octanol–water partition coefficient (Wildman–Crippen LogP) is 3.26. The van der Waals surface area contributed by atoms with Crippen LogP contribution in [0.5, 0.6) is 0 Å². The number of benzene rings is 1. The van der Waals surface area contributed by atoms with Gasteiger partial charge < -0.3 is 10.1 Å². The van der Waals surface area contributed by atoms with Crippen LogP contribution in [-0.2, 0) is 9.53 Å². The Kier molecular flexibility index (Phi) is 3.49. The first-order valence-corrected chi connectivity index (χ1v) is 6.23. The summed E-state index contributed by atoms with van der Waals surface area (Å²) in [6.45, 7) is 2.63. The largest absolute Gasteiger partial charge is 0.455 e. The van der Waals surface area contributed by atoms with Crippen LogP contribution in [-0.4, -0.2) is 12.5 Å². The third-order valence-electron chi connectivity index (χ3n) is 2.58. The molecule has 1 heterocycles. The fraction of sp³-hybridized carbons (Fsp3) is 0.417. The Hall–Kier alpha value is -1.03. The number of hydrogen-bond acceptors (Lipinski definition) is 3. The minimum absolute atomic E-state index is 0.123. The first-order valence-electron chi connectivity index (χ1n) is 5.44. The number of nitrogens with one attached hydrogen (secondary N) is 1. The van der Waals surface area contributed by atoms with Gasteiger partial charge in [0.2, 0.25) is 0 Å². The molecule has 3 nitrogen and oxygen atoms in total. The highest BCUT2D eigenvalue weighted by molar-refractivity contribution is 9.10. The number of esters is 1. The molecule has 16 heavy (non-hydrogen) atoms. The molecule has 0 saturated carbocycles. The summed E-state index contributed by atoms with van der Waals surface area (Å²) in [5.74, 6) is -0.123. The maximum Gasteiger partial charge on any atom is 0.306 e. The van der Waals surface area contributed by atoms with Crippen LogP contribution in [0.2, 0.25) is 0 Å². The monoisotopic (exact) mass is 283 g/mol. The highest BCUT2D eigenvalue weighted by Gasteiger charge is 2.26. The van der Waals surface area contributed by atoms with Crippen LogP contribution in [0.25, 0.3) is 0 Å². The van der Waals surface area contributed by atoms with Gasteiger partial charge in [0.15, 0.2) is 0 Å². The molecule has 0 spiro atoms. The zero-order chi connectivity index (χ0) is 11.5. The minimum atomic E-state index is -0.147. The standard InChI is InChI=1S/C12H14BrNO2/c1-2-4-11(15)16-10-7-14-12-8(10)5-3-6-9(12)13/h3,5-6,10,14H,2,4,7H2,1H3. The molecule has 0 aliphatic carbocycles. The van der Waals surface area contributed by atoms with E-state index in [4.69, 9.17) is 4.74 Å². The summed E-state index contributed by atoms with van der Waals surface area (Å²) in [5.41, 5.74) is 2.09. The van der Waals surface area contributed by atoms with E-state index in [0.29, 0.717) is 13.0 Å². The van der Waals surface area contributed by atoms with Gasteiger partial charge in [0.25, 0.3) is 0 Å². The molecule has 0 amide bonds. The van der Waals surface area contributed by atoms with Gasteiger partial charge in [0, 0.05) is 16.5 Å². The number of hydrogen-bond donors (Lipinski definition) is 1. The number of para-hydroxylation sites is 1. The number of carbonyl (C=O) groups excluding carboxylic acids is 1. The molecule has 0 aromatic heterocycles. The van der Waals surface area contributed by atoms with Gasteiger partial charge in [0.1, 0.15) is 6.10 Å². The molecule has 0 fully saturated rings. The molecule has 0 saturated heterocycles. The number of ether oxygens (including phenoxy) is 1. The molecular formula is C12H14BrNO2. The number of carbonyl (C=O) groups is 1. The number of rotatable bonds is 3. The fourth-order valence-corrected chi connectivity index (χ4v) is 2.35. The summed E-state index contributed by atoms with van der Waals surface area (Å²) in [4.78, 5) is 11.4. The van der Waals surface area contributed by atoms with E-state index in [2.05, 4.69) is 21.2 Å². The molecular weight excluding hydrogens is 270 g/mol. The average Bonchev–Trinajstić information content (AvgIpc) is 2.64. The second kappa shape index (κ2) is 4.87. The van der Waals surface area contributed by atoms with Gasteiger partial charge in [-0.3, -0.25) is 4.79 Å². The predicted molar refractivity (Wildman–Crippen MR) is 66.4 cm³/mol. The van der Waals surface area contributed by atoms with Crippen LogP contribution in [0.15, 0.2) is 22.7 Å². The van der Waals surface area contributed by atoms with Crippen molar-refractivity contribution in [2.45, 2.75) is 25.9 Å². The summed E-state index contributed by atoms with van der Waals surface area (Å²) < 4.78 is 6.42. The highest BCUT2D eigenvalue weighted by atomic mass is 79.9. The topological polar surface area (TPSA) is 38.3 Å². The van der Waals surface area contributed by atoms with Crippen LogP contribution in [0.1, 0.15) is 31.4 Å². The lowest BCUT2D eigenvalue weighted by Gasteiger charge is -2.11. The Morgan fingerprint density at radius 1 is 1.62 bits per heavy atom. The highest BCUT2D eigenvalue weighted by Crippen LogP contribution is 2.37. The summed E-state index contributed by atoms with van der Waals surface area (Å²) >= 11 is 3.47. The van der Waals surface area contributed by atoms with E-state index in [1.165, 1.54) is 0 Å². The lowest BCUT2D eigenvalue weighted by molar-refractivity contribution is -0.148. The summed E-state index contributed by atoms with van der Waals surface area (Å²) in [5, 5.41) is 3.24. The van der Waals surface area contributed by atoms with E-state index >= 15 is 0 Å². The molecule has 0 radical (unpaired) electrons. The van der Waals surface area contributed by atoms with E-state index in [0.717, 1.165) is 22.1 Å². The van der Waals surface area contributed by atoms with Crippen molar-refractivity contribution in [1.82, 2.24) is 0 Å². The second-order valence-electron chi connectivity index (χ2n) is 3.81. The van der Waals surface area contributed by atoms with Crippen molar-refractivity contribution >= 4 is 27.6 Å². The third-order valence-corrected chi connectivity index (χ3v) is 3.25. The maximum atomic E-state index is 11.4. The molecule has 1 aliphatic heterocycles. The van der Waals surface area contributed by atoms with Crippen molar-refractivity contribution < 1.29 is 9.53 Å². The molecule has 1 aromatic rings. The molecule has 2 rings (SSSR count). The lowest BCUT2D eigenvalue weighted by atomic mass is 10.1. The van der Waals surface area contributed by atoms with Crippen molar-refractivity contribution in [2.75, 3.05) is 11.9 Å². The molecule has 0 bridgehead atoms. The lowest BCUT2D eigenvalue weighted by Crippen LogP contribution is -2.12. The van der Waals surface area contributed by atoms with Crippen molar-refractivity contribution in [3.63, 3.8) is 0 Å². The molecule has 86 valence electrons. The summed E-state index contributed by atoms with van der Waals surface area (Å²) in [6.07, 6.45) is 1.16. The van der Waals surface area contributed by atoms with Crippen molar-refractivity contribution in [2.24, 2.45) is 0 Å². The number of fused-ring (bicyclic) bond motifs is 1. The fourth-order valence-electron chi connectivity index (χ4n) is 1.83. The first kappa shape index (κ1) is 11.5. The quantitative estimate of drug-likeness (QED) is 0.866. The van der Waals surface area contributed by atoms with Crippen molar-refractivity contribution in [3.05, 3.63) is 28.2 Å². The van der Waals surface area contributed by atoms with E-state index in [1.807, 2.05) is 25.1 Å². The Morgan fingerprint density at radius 2 is 2.44 bits per heavy atom. The van der Waals surface area contributed by atoms with E-state index in [-0.39, 0.29) is 12.1 Å². The Morgan fingerprint density at radius 3 is 3.19 bits per heavy atom. The van der Waals surface area contributed by atoms with Crippen LogP contribution >= 0.6 is 15.9 Å². The van der Waals surface area contributed by atoms with Gasteiger partial charge in [-0.05, 0) is 28.4 Å². The SMILES string of the molecule is CCCC(=O)OC1CNc2c(Br)cccc21. The van der Waals surface area contributed by atoms with E-state index in [9.17, 15) is 4.79 Å². The second-order valence-corrected chi connectivity index (χ2v) is 4.67. The van der Waals surface area contributed by atoms with Crippen LogP contribution in [0.3, 0.4) is 0 Å². The van der Waals surface area contributed by atoms with Crippen LogP contribution in [0, 0.1) is 0 Å². The van der Waals surface area contributed by atoms with Crippen LogP contribution < -0.4 is 5.32 Å². The number of halogens is 1. The maximum absolute atomic E-state index is 11.4. The molecule has 1 aromatic carbocycles. The van der Waals surface area contributed by atoms with Gasteiger partial charge in [-0.2, -0.15) is 0 Å². The van der Waals surface area contributed by atoms with Crippen molar-refractivity contribution in [1.29, 1.82) is 0 Å². The molecule has 4 heteroatoms. The Labute approximate surface area is 103 Å². The molecule has 1 aliphatic rings. The minimum Gasteiger partial charge on any atom is -0.455 e. The van der Waals surface area contributed by atoms with Gasteiger partial charge in [0.05, 0.1) is 12.2 Å². The van der Waals surface area contributed by atoms with Gasteiger partial charge in [-0.15, -0.1) is 0 Å².